The first-order valence-corrected chi connectivity index (χ1v) is 9.71. The molecule has 4 rings (SSSR count). The lowest BCUT2D eigenvalue weighted by Gasteiger charge is -2.35. The summed E-state index contributed by atoms with van der Waals surface area (Å²) in [6, 6.07) is 11.7. The molecule has 0 fully saturated rings. The molecule has 2 aromatic carbocycles. The summed E-state index contributed by atoms with van der Waals surface area (Å²) in [5, 5.41) is 28.2. The lowest BCUT2D eigenvalue weighted by Crippen LogP contribution is -2.42. The molecule has 6 nitrogen and oxygen atoms in total. The van der Waals surface area contributed by atoms with Crippen LogP contribution in [0, 0.1) is 6.92 Å². The number of amides is 1. The Morgan fingerprint density at radius 1 is 1.14 bits per heavy atom. The first-order valence-electron chi connectivity index (χ1n) is 9.34. The zero-order valence-corrected chi connectivity index (χ0v) is 16.8. The van der Waals surface area contributed by atoms with Gasteiger partial charge in [0.1, 0.15) is 11.5 Å². The minimum Gasteiger partial charge on any atom is -0.508 e. The van der Waals surface area contributed by atoms with Crippen molar-refractivity contribution >= 4 is 23.2 Å². The summed E-state index contributed by atoms with van der Waals surface area (Å²) in [6.07, 6.45) is 1.63. The number of phenols is 2. The molecular formula is C22H20ClN3O3. The van der Waals surface area contributed by atoms with Crippen molar-refractivity contribution in [2.24, 2.45) is 0 Å². The highest BCUT2D eigenvalue weighted by Crippen LogP contribution is 2.36. The van der Waals surface area contributed by atoms with E-state index in [1.807, 2.05) is 38.1 Å². The summed E-state index contributed by atoms with van der Waals surface area (Å²) >= 11 is 5.98. The topological polar surface area (TPSA) is 86.6 Å². The van der Waals surface area contributed by atoms with E-state index in [2.05, 4.69) is 10.2 Å². The number of aryl methyl sites for hydroxylation is 2. The van der Waals surface area contributed by atoms with Gasteiger partial charge in [0, 0.05) is 23.4 Å². The third-order valence-corrected chi connectivity index (χ3v) is 5.64. The first-order chi connectivity index (χ1) is 13.8. The van der Waals surface area contributed by atoms with E-state index in [1.54, 1.807) is 4.90 Å². The van der Waals surface area contributed by atoms with Crippen LogP contribution >= 0.6 is 11.6 Å². The van der Waals surface area contributed by atoms with Gasteiger partial charge in [-0.25, -0.2) is 0 Å². The number of carbonyl (C=O) groups is 1. The number of anilines is 1. The van der Waals surface area contributed by atoms with Gasteiger partial charge in [0.15, 0.2) is 5.15 Å². The fourth-order valence-electron chi connectivity index (χ4n) is 3.66. The average molecular weight is 410 g/mol. The van der Waals surface area contributed by atoms with Gasteiger partial charge in [0.25, 0.3) is 5.91 Å². The fraction of sp³-hybridized carbons (Fsp3) is 0.227. The summed E-state index contributed by atoms with van der Waals surface area (Å²) in [5.74, 6) is -0.626. The molecule has 0 aliphatic carbocycles. The lowest BCUT2D eigenvalue weighted by molar-refractivity contribution is 0.0972. The van der Waals surface area contributed by atoms with Gasteiger partial charge in [-0.2, -0.15) is 0 Å². The third-order valence-electron chi connectivity index (χ3n) is 5.26. The minimum absolute atomic E-state index is 0.0216. The number of aromatic hydroxyl groups is 2. The number of nitrogens with zero attached hydrogens (tertiary/aromatic N) is 3. The highest BCUT2D eigenvalue weighted by molar-refractivity contribution is 6.30. The van der Waals surface area contributed by atoms with E-state index in [0.29, 0.717) is 5.15 Å². The quantitative estimate of drug-likeness (QED) is 0.650. The smallest absolute Gasteiger partial charge is 0.262 e. The van der Waals surface area contributed by atoms with Crippen molar-refractivity contribution in [3.05, 3.63) is 64.3 Å². The molecule has 1 atom stereocenters. The van der Waals surface area contributed by atoms with Crippen molar-refractivity contribution in [3.8, 4) is 22.8 Å². The lowest BCUT2D eigenvalue weighted by atomic mass is 9.93. The molecule has 0 spiro atoms. The second kappa shape index (κ2) is 7.37. The first kappa shape index (κ1) is 19.2. The van der Waals surface area contributed by atoms with Crippen LogP contribution in [0.5, 0.6) is 11.5 Å². The number of fused-ring (bicyclic) bond motifs is 1. The minimum atomic E-state index is -0.300. The standard InChI is InChI=1S/C22H20ClN3O3/c1-12-9-18(24-25-21(12)23)14-5-8-19-15(10-14)4-3-13(2)26(19)22(29)17-7-6-16(27)11-20(17)28/h5-11,13,27-28H,3-4H2,1-2H3/t13-/m0/s1. The van der Waals surface area contributed by atoms with Crippen molar-refractivity contribution in [1.82, 2.24) is 10.2 Å². The Morgan fingerprint density at radius 3 is 2.66 bits per heavy atom. The van der Waals surface area contributed by atoms with Gasteiger partial charge < -0.3 is 15.1 Å². The number of hydrogen-bond acceptors (Lipinski definition) is 5. The molecule has 2 N–H and O–H groups in total. The summed E-state index contributed by atoms with van der Waals surface area (Å²) in [7, 11) is 0. The molecule has 1 amide bonds. The Morgan fingerprint density at radius 2 is 1.93 bits per heavy atom. The number of aromatic nitrogens is 2. The molecule has 1 aliphatic rings. The van der Waals surface area contributed by atoms with Crippen molar-refractivity contribution < 1.29 is 15.0 Å². The molecule has 29 heavy (non-hydrogen) atoms. The maximum Gasteiger partial charge on any atom is 0.262 e. The van der Waals surface area contributed by atoms with E-state index in [0.717, 1.165) is 40.9 Å². The zero-order chi connectivity index (χ0) is 20.7. The molecular weight excluding hydrogens is 390 g/mol. The van der Waals surface area contributed by atoms with Gasteiger partial charge in [-0.15, -0.1) is 10.2 Å². The van der Waals surface area contributed by atoms with E-state index in [-0.39, 0.29) is 29.0 Å². The highest BCUT2D eigenvalue weighted by Gasteiger charge is 2.30. The normalized spacial score (nSPS) is 15.8. The van der Waals surface area contributed by atoms with Crippen LogP contribution in [-0.2, 0) is 6.42 Å². The molecule has 148 valence electrons. The molecule has 7 heteroatoms. The summed E-state index contributed by atoms with van der Waals surface area (Å²) < 4.78 is 0. The Hall–Kier alpha value is -3.12. The molecule has 0 bridgehead atoms. The van der Waals surface area contributed by atoms with Crippen LogP contribution in [0.1, 0.15) is 34.8 Å². The van der Waals surface area contributed by atoms with E-state index in [1.165, 1.54) is 18.2 Å². The van der Waals surface area contributed by atoms with Gasteiger partial charge in [-0.05, 0) is 68.1 Å². The summed E-state index contributed by atoms with van der Waals surface area (Å²) in [6.45, 7) is 3.87. The average Bonchev–Trinajstić information content (AvgIpc) is 2.69. The fourth-order valence-corrected chi connectivity index (χ4v) is 3.75. The molecule has 2 heterocycles. The van der Waals surface area contributed by atoms with Crippen LogP contribution in [-0.4, -0.2) is 32.4 Å². The van der Waals surface area contributed by atoms with E-state index >= 15 is 0 Å². The number of phenolic OH excluding ortho intramolecular Hbond substituents is 2. The Labute approximate surface area is 173 Å². The predicted molar refractivity (Wildman–Crippen MR) is 112 cm³/mol. The van der Waals surface area contributed by atoms with Crippen LogP contribution in [0.3, 0.4) is 0 Å². The maximum atomic E-state index is 13.2. The molecule has 0 radical (unpaired) electrons. The summed E-state index contributed by atoms with van der Waals surface area (Å²) in [4.78, 5) is 14.9. The highest BCUT2D eigenvalue weighted by atomic mass is 35.5. The van der Waals surface area contributed by atoms with Crippen molar-refractivity contribution in [1.29, 1.82) is 0 Å². The SMILES string of the molecule is Cc1cc(-c2ccc3c(c2)CC[C@H](C)N3C(=O)c2ccc(O)cc2O)nnc1Cl. The number of benzene rings is 2. The molecule has 1 aromatic heterocycles. The van der Waals surface area contributed by atoms with Crippen LogP contribution < -0.4 is 4.90 Å². The van der Waals surface area contributed by atoms with Crippen LogP contribution in [0.2, 0.25) is 5.15 Å². The van der Waals surface area contributed by atoms with E-state index in [9.17, 15) is 15.0 Å². The van der Waals surface area contributed by atoms with Gasteiger partial charge in [-0.1, -0.05) is 17.7 Å². The zero-order valence-electron chi connectivity index (χ0n) is 16.1. The Kier molecular flexibility index (Phi) is 4.88. The molecule has 0 saturated heterocycles. The monoisotopic (exact) mass is 409 g/mol. The molecule has 1 aliphatic heterocycles. The van der Waals surface area contributed by atoms with Crippen molar-refractivity contribution in [3.63, 3.8) is 0 Å². The Balaban J connectivity index is 1.74. The number of rotatable bonds is 2. The van der Waals surface area contributed by atoms with Crippen molar-refractivity contribution in [2.75, 3.05) is 4.90 Å². The van der Waals surface area contributed by atoms with Crippen LogP contribution in [0.4, 0.5) is 5.69 Å². The van der Waals surface area contributed by atoms with Gasteiger partial charge in [0.2, 0.25) is 0 Å². The third kappa shape index (κ3) is 3.51. The maximum absolute atomic E-state index is 13.2. The number of hydrogen-bond donors (Lipinski definition) is 2. The molecule has 0 unspecified atom stereocenters. The second-order valence-corrected chi connectivity index (χ2v) is 7.67. The van der Waals surface area contributed by atoms with E-state index in [4.69, 9.17) is 11.6 Å². The van der Waals surface area contributed by atoms with E-state index < -0.39 is 0 Å². The van der Waals surface area contributed by atoms with Gasteiger partial charge >= 0.3 is 0 Å². The molecule has 0 saturated carbocycles. The second-order valence-electron chi connectivity index (χ2n) is 7.31. The largest absolute Gasteiger partial charge is 0.508 e. The number of carbonyl (C=O) groups excluding carboxylic acids is 1. The van der Waals surface area contributed by atoms with Gasteiger partial charge in [-0.3, -0.25) is 4.79 Å². The molecule has 3 aromatic rings. The predicted octanol–water partition coefficient (Wildman–Crippen LogP) is 4.50. The van der Waals surface area contributed by atoms with Gasteiger partial charge in [0.05, 0.1) is 11.3 Å². The van der Waals surface area contributed by atoms with Crippen LogP contribution in [0.25, 0.3) is 11.3 Å². The van der Waals surface area contributed by atoms with Crippen LogP contribution in [0.15, 0.2) is 42.5 Å². The Bertz CT molecular complexity index is 1120. The van der Waals surface area contributed by atoms with Crippen molar-refractivity contribution in [2.45, 2.75) is 32.7 Å². The number of halogens is 1. The summed E-state index contributed by atoms with van der Waals surface area (Å²) in [5.41, 5.74) is 4.48.